The van der Waals surface area contributed by atoms with Crippen molar-refractivity contribution in [1.82, 2.24) is 4.90 Å². The molecule has 0 saturated heterocycles. The molecule has 0 bridgehead atoms. The fraction of sp³-hybridized carbons (Fsp3) is 0.371. The molecule has 0 fully saturated rings. The van der Waals surface area contributed by atoms with Gasteiger partial charge in [0.2, 0.25) is 5.91 Å². The number of aryl methyl sites for hydroxylation is 1. The summed E-state index contributed by atoms with van der Waals surface area (Å²) in [7, 11) is 1.41. The second-order valence-electron chi connectivity index (χ2n) is 12.3. The highest BCUT2D eigenvalue weighted by molar-refractivity contribution is 6.09. The molecule has 1 aliphatic heterocycles. The molecule has 1 heterocycles. The molecule has 0 radical (unpaired) electrons. The highest BCUT2D eigenvalue weighted by Crippen LogP contribution is 2.28. The van der Waals surface area contributed by atoms with E-state index in [0.717, 1.165) is 22.6 Å². The molecule has 262 valence electrons. The Morgan fingerprint density at radius 2 is 1.69 bits per heavy atom. The molecule has 4 rings (SSSR count). The van der Waals surface area contributed by atoms with E-state index in [1.54, 1.807) is 12.1 Å². The summed E-state index contributed by atoms with van der Waals surface area (Å²) in [4.78, 5) is 53.0. The van der Waals surface area contributed by atoms with E-state index >= 15 is 0 Å². The van der Waals surface area contributed by atoms with Crippen LogP contribution in [0.5, 0.6) is 0 Å². The third kappa shape index (κ3) is 9.87. The maximum atomic E-state index is 14.4. The lowest BCUT2D eigenvalue weighted by atomic mass is 10.1. The SMILES string of the molecule is Cc1ccccc1NC(=O)Nc1ccc(CC(=O)[NH+](c2ccc3c(c2)C(=O)N(CCC(O)OCCC(C)C)CC(=O)N3C)C(F)(F)F)cc1. The van der Waals surface area contributed by atoms with Gasteiger partial charge in [-0.05, 0) is 54.7 Å². The Morgan fingerprint density at radius 1 is 1.00 bits per heavy atom. The van der Waals surface area contributed by atoms with Gasteiger partial charge < -0.3 is 30.3 Å². The maximum absolute atomic E-state index is 14.4. The van der Waals surface area contributed by atoms with Crippen LogP contribution in [0, 0.1) is 12.8 Å². The van der Waals surface area contributed by atoms with Gasteiger partial charge in [0.05, 0.1) is 17.7 Å². The highest BCUT2D eigenvalue weighted by atomic mass is 19.4. The van der Waals surface area contributed by atoms with E-state index in [2.05, 4.69) is 10.6 Å². The Hall–Kier alpha value is -4.79. The van der Waals surface area contributed by atoms with Crippen LogP contribution in [0.2, 0.25) is 0 Å². The van der Waals surface area contributed by atoms with Gasteiger partial charge in [0, 0.05) is 50.1 Å². The van der Waals surface area contributed by atoms with Gasteiger partial charge in [-0.3, -0.25) is 9.59 Å². The van der Waals surface area contributed by atoms with Crippen LogP contribution in [0.3, 0.4) is 0 Å². The molecular formula is C35H41F3N5O6+. The van der Waals surface area contributed by atoms with Crippen LogP contribution < -0.4 is 20.4 Å². The number of amides is 5. The molecule has 2 unspecified atom stereocenters. The summed E-state index contributed by atoms with van der Waals surface area (Å²) < 4.78 is 48.7. The van der Waals surface area contributed by atoms with Gasteiger partial charge in [0.25, 0.3) is 5.91 Å². The number of hydrogen-bond donors (Lipinski definition) is 4. The predicted octanol–water partition coefficient (Wildman–Crippen LogP) is 4.63. The number of urea groups is 1. The third-order valence-corrected chi connectivity index (χ3v) is 8.05. The number of nitrogens with one attached hydrogen (secondary N) is 3. The molecule has 0 spiro atoms. The van der Waals surface area contributed by atoms with Crippen LogP contribution in [-0.2, 0) is 20.7 Å². The second kappa shape index (κ2) is 16.1. The zero-order valence-corrected chi connectivity index (χ0v) is 27.8. The van der Waals surface area contributed by atoms with Crippen LogP contribution >= 0.6 is 0 Å². The molecule has 11 nitrogen and oxygen atoms in total. The first-order valence-electron chi connectivity index (χ1n) is 15.8. The van der Waals surface area contributed by atoms with Gasteiger partial charge in [-0.15, -0.1) is 18.1 Å². The first-order valence-corrected chi connectivity index (χ1v) is 15.8. The van der Waals surface area contributed by atoms with Crippen LogP contribution in [-0.4, -0.2) is 73.1 Å². The molecule has 2 atom stereocenters. The van der Waals surface area contributed by atoms with Crippen LogP contribution in [0.1, 0.15) is 48.2 Å². The number of likely N-dealkylation sites (N-methyl/N-ethyl adjacent to an activating group) is 1. The number of alkyl halides is 3. The minimum atomic E-state index is -5.06. The third-order valence-electron chi connectivity index (χ3n) is 8.05. The summed E-state index contributed by atoms with van der Waals surface area (Å²) in [5, 5.41) is 15.6. The molecule has 3 aromatic carbocycles. The number of aliphatic hydroxyl groups excluding tert-OH is 1. The number of ether oxygens (including phenoxy) is 1. The monoisotopic (exact) mass is 684 g/mol. The Morgan fingerprint density at radius 3 is 2.35 bits per heavy atom. The lowest BCUT2D eigenvalue weighted by Gasteiger charge is -2.22. The number of nitrogens with zero attached hydrogens (tertiary/aromatic N) is 2. The van der Waals surface area contributed by atoms with E-state index in [1.165, 1.54) is 42.3 Å². The number of halogens is 3. The number of aliphatic hydroxyl groups is 1. The van der Waals surface area contributed by atoms with E-state index in [0.29, 0.717) is 30.3 Å². The topological polar surface area (TPSA) is 133 Å². The van der Waals surface area contributed by atoms with E-state index in [4.69, 9.17) is 4.74 Å². The summed E-state index contributed by atoms with van der Waals surface area (Å²) in [6, 6.07) is 15.8. The first-order chi connectivity index (χ1) is 23.1. The van der Waals surface area contributed by atoms with Crippen LogP contribution in [0.15, 0.2) is 66.7 Å². The normalized spacial score (nSPS) is 14.7. The van der Waals surface area contributed by atoms with Crippen molar-refractivity contribution in [2.45, 2.75) is 52.6 Å². The number of para-hydroxylation sites is 1. The van der Waals surface area contributed by atoms with E-state index < -0.39 is 53.4 Å². The number of fused-ring (bicyclic) bond motifs is 1. The average Bonchev–Trinajstić information content (AvgIpc) is 3.11. The average molecular weight is 685 g/mol. The summed E-state index contributed by atoms with van der Waals surface area (Å²) >= 11 is 0. The van der Waals surface area contributed by atoms with Crippen LogP contribution in [0.4, 0.5) is 40.7 Å². The molecule has 0 saturated carbocycles. The lowest BCUT2D eigenvalue weighted by molar-refractivity contribution is -0.887. The quantitative estimate of drug-likeness (QED) is 0.163. The van der Waals surface area contributed by atoms with Crippen molar-refractivity contribution in [2.24, 2.45) is 5.92 Å². The predicted molar refractivity (Wildman–Crippen MR) is 177 cm³/mol. The number of carbonyl (C=O) groups is 4. The summed E-state index contributed by atoms with van der Waals surface area (Å²) in [5.74, 6) is -2.06. The van der Waals surface area contributed by atoms with Gasteiger partial charge in [-0.1, -0.05) is 44.2 Å². The van der Waals surface area contributed by atoms with Gasteiger partial charge in [0.1, 0.15) is 12.2 Å². The standard InChI is InChI=1S/C35H40F3N5O6/c1-22(2)16-18-49-32(46)15-17-42-21-31(45)41(4)29-14-13-26(20-27(29)33(42)47)43(35(36,37)38)30(44)19-24-9-11-25(12-10-24)39-34(48)40-28-8-6-5-7-23(28)3/h5-14,20,22,32,46H,15-19,21H2,1-4H3,(H2,39,40,48)/p+1. The van der Waals surface area contributed by atoms with Crippen molar-refractivity contribution >= 4 is 46.5 Å². The van der Waals surface area contributed by atoms with Gasteiger partial charge in [0.15, 0.2) is 6.29 Å². The van der Waals surface area contributed by atoms with Gasteiger partial charge >= 0.3 is 18.2 Å². The number of carbonyl (C=O) groups excluding carboxylic acids is 4. The fourth-order valence-electron chi connectivity index (χ4n) is 5.23. The van der Waals surface area contributed by atoms with Crippen molar-refractivity contribution in [3.8, 4) is 0 Å². The number of quaternary nitrogens is 1. The van der Waals surface area contributed by atoms with E-state index in [9.17, 15) is 37.5 Å². The minimum Gasteiger partial charge on any atom is -0.368 e. The number of benzene rings is 3. The van der Waals surface area contributed by atoms with Crippen LogP contribution in [0.25, 0.3) is 0 Å². The number of anilines is 3. The Kier molecular flexibility index (Phi) is 12.1. The highest BCUT2D eigenvalue weighted by Gasteiger charge is 2.49. The van der Waals surface area contributed by atoms with E-state index in [1.807, 2.05) is 32.9 Å². The molecular weight excluding hydrogens is 643 g/mol. The fourth-order valence-corrected chi connectivity index (χ4v) is 5.23. The van der Waals surface area contributed by atoms with Gasteiger partial charge in [-0.2, -0.15) is 0 Å². The van der Waals surface area contributed by atoms with E-state index in [-0.39, 0.29) is 36.3 Å². The summed E-state index contributed by atoms with van der Waals surface area (Å²) in [6.07, 6.45) is -6.16. The number of hydrogen-bond acceptors (Lipinski definition) is 6. The molecule has 5 amide bonds. The summed E-state index contributed by atoms with van der Waals surface area (Å²) in [5.41, 5.74) is 1.50. The molecule has 14 heteroatoms. The molecule has 4 N–H and O–H groups in total. The zero-order chi connectivity index (χ0) is 35.9. The Balaban J connectivity index is 1.49. The van der Waals surface area contributed by atoms with Gasteiger partial charge in [-0.25, -0.2) is 9.59 Å². The molecule has 0 aromatic heterocycles. The molecule has 1 aliphatic rings. The molecule has 0 aliphatic carbocycles. The molecule has 3 aromatic rings. The lowest BCUT2D eigenvalue weighted by Crippen LogP contribution is -3.16. The van der Waals surface area contributed by atoms with Crippen molar-refractivity contribution in [2.75, 3.05) is 42.3 Å². The smallest absolute Gasteiger partial charge is 0.368 e. The molecule has 49 heavy (non-hydrogen) atoms. The zero-order valence-electron chi connectivity index (χ0n) is 27.8. The maximum Gasteiger partial charge on any atom is 0.571 e. The minimum absolute atomic E-state index is 0.0139. The van der Waals surface area contributed by atoms with Crippen molar-refractivity contribution < 1.29 is 47.1 Å². The Labute approximate surface area is 282 Å². The van der Waals surface area contributed by atoms with Crippen molar-refractivity contribution in [1.29, 1.82) is 0 Å². The van der Waals surface area contributed by atoms with Crippen molar-refractivity contribution in [3.63, 3.8) is 0 Å². The first kappa shape index (κ1) is 37.0. The second-order valence-corrected chi connectivity index (χ2v) is 12.3. The largest absolute Gasteiger partial charge is 0.571 e. The Bertz CT molecular complexity index is 1660. The number of rotatable bonds is 12. The van der Waals surface area contributed by atoms with Crippen molar-refractivity contribution in [3.05, 3.63) is 83.4 Å². The summed E-state index contributed by atoms with van der Waals surface area (Å²) in [6.45, 7) is 5.70.